The first-order chi connectivity index (χ1) is 12.0. The Balaban J connectivity index is 1.90. The SMILES string of the molecule is OCC(O)(COCC(O)(CO)C1CCCCCC1)C1CCCCCC1. The van der Waals surface area contributed by atoms with Crippen LogP contribution in [0, 0.1) is 11.8 Å². The zero-order chi connectivity index (χ0) is 18.2. The Bertz CT molecular complexity index is 327. The van der Waals surface area contributed by atoms with Gasteiger partial charge in [-0.15, -0.1) is 0 Å². The van der Waals surface area contributed by atoms with E-state index in [1.807, 2.05) is 0 Å². The minimum absolute atomic E-state index is 0.0171. The van der Waals surface area contributed by atoms with Gasteiger partial charge >= 0.3 is 0 Å². The summed E-state index contributed by atoms with van der Waals surface area (Å²) in [5.74, 6) is 0.0835. The number of rotatable bonds is 8. The largest absolute Gasteiger partial charge is 0.393 e. The molecule has 0 amide bonds. The van der Waals surface area contributed by atoms with Crippen molar-refractivity contribution in [3.63, 3.8) is 0 Å². The van der Waals surface area contributed by atoms with Crippen molar-refractivity contribution in [1.29, 1.82) is 0 Å². The van der Waals surface area contributed by atoms with Crippen LogP contribution in [-0.2, 0) is 4.74 Å². The molecule has 0 aromatic heterocycles. The van der Waals surface area contributed by atoms with E-state index in [9.17, 15) is 20.4 Å². The predicted molar refractivity (Wildman–Crippen MR) is 97.3 cm³/mol. The summed E-state index contributed by atoms with van der Waals surface area (Å²) in [7, 11) is 0. The van der Waals surface area contributed by atoms with E-state index in [-0.39, 0.29) is 38.3 Å². The van der Waals surface area contributed by atoms with Crippen LogP contribution in [-0.4, -0.2) is 58.1 Å². The minimum atomic E-state index is -1.25. The van der Waals surface area contributed by atoms with Crippen molar-refractivity contribution in [3.8, 4) is 0 Å². The van der Waals surface area contributed by atoms with E-state index in [4.69, 9.17) is 4.74 Å². The standard InChI is InChI=1S/C20H38O5/c21-13-19(23,17-9-5-1-2-6-10-17)15-25-16-20(24,14-22)18-11-7-3-4-8-12-18/h17-18,21-24H,1-16H2. The number of hydrogen-bond acceptors (Lipinski definition) is 5. The average molecular weight is 359 g/mol. The molecule has 0 aromatic carbocycles. The van der Waals surface area contributed by atoms with Crippen molar-refractivity contribution in [2.45, 2.75) is 88.3 Å². The molecule has 5 nitrogen and oxygen atoms in total. The lowest BCUT2D eigenvalue weighted by molar-refractivity contribution is -0.160. The maximum Gasteiger partial charge on any atom is 0.114 e. The second kappa shape index (κ2) is 10.2. The van der Waals surface area contributed by atoms with E-state index < -0.39 is 11.2 Å². The Morgan fingerprint density at radius 2 is 0.920 bits per heavy atom. The molecule has 2 unspecified atom stereocenters. The van der Waals surface area contributed by atoms with Crippen molar-refractivity contribution >= 4 is 0 Å². The van der Waals surface area contributed by atoms with Crippen molar-refractivity contribution in [2.24, 2.45) is 11.8 Å². The molecule has 148 valence electrons. The van der Waals surface area contributed by atoms with Crippen LogP contribution >= 0.6 is 0 Å². The van der Waals surface area contributed by atoms with Gasteiger partial charge in [0.25, 0.3) is 0 Å². The molecule has 2 atom stereocenters. The number of ether oxygens (including phenoxy) is 1. The van der Waals surface area contributed by atoms with Gasteiger partial charge in [0.2, 0.25) is 0 Å². The molecular weight excluding hydrogens is 320 g/mol. The highest BCUT2D eigenvalue weighted by Crippen LogP contribution is 2.34. The maximum absolute atomic E-state index is 10.9. The summed E-state index contributed by atoms with van der Waals surface area (Å²) >= 11 is 0. The molecule has 2 fully saturated rings. The number of aliphatic hydroxyl groups is 4. The summed E-state index contributed by atoms with van der Waals surface area (Å²) in [6.07, 6.45) is 12.7. The van der Waals surface area contributed by atoms with E-state index >= 15 is 0 Å². The average Bonchev–Trinajstić information content (AvgIpc) is 3.07. The van der Waals surface area contributed by atoms with Crippen LogP contribution in [0.1, 0.15) is 77.0 Å². The summed E-state index contributed by atoms with van der Waals surface area (Å²) in [5, 5.41) is 41.3. The number of aliphatic hydroxyl groups excluding tert-OH is 2. The highest BCUT2D eigenvalue weighted by molar-refractivity contribution is 4.90. The third kappa shape index (κ3) is 5.90. The molecule has 0 spiro atoms. The third-order valence-corrected chi connectivity index (χ3v) is 6.48. The Labute approximate surface area is 152 Å². The van der Waals surface area contributed by atoms with Gasteiger partial charge in [-0.1, -0.05) is 51.4 Å². The highest BCUT2D eigenvalue weighted by Gasteiger charge is 2.40. The summed E-state index contributed by atoms with van der Waals surface area (Å²) in [4.78, 5) is 0. The fourth-order valence-corrected chi connectivity index (χ4v) is 4.62. The summed E-state index contributed by atoms with van der Waals surface area (Å²) in [6.45, 7) is -0.607. The lowest BCUT2D eigenvalue weighted by Crippen LogP contribution is -2.50. The van der Waals surface area contributed by atoms with Crippen LogP contribution in [0.2, 0.25) is 0 Å². The molecule has 0 saturated heterocycles. The van der Waals surface area contributed by atoms with Crippen molar-refractivity contribution in [1.82, 2.24) is 0 Å². The Kier molecular flexibility index (Phi) is 8.62. The van der Waals surface area contributed by atoms with E-state index in [1.54, 1.807) is 0 Å². The maximum atomic E-state index is 10.9. The van der Waals surface area contributed by atoms with Gasteiger partial charge in [0.05, 0.1) is 26.4 Å². The Morgan fingerprint density at radius 1 is 0.600 bits per heavy atom. The molecule has 0 bridgehead atoms. The van der Waals surface area contributed by atoms with Crippen LogP contribution in [0.15, 0.2) is 0 Å². The van der Waals surface area contributed by atoms with Crippen LogP contribution in [0.25, 0.3) is 0 Å². The predicted octanol–water partition coefficient (Wildman–Crippen LogP) is 2.39. The summed E-state index contributed by atoms with van der Waals surface area (Å²) < 4.78 is 5.71. The third-order valence-electron chi connectivity index (χ3n) is 6.48. The second-order valence-corrected chi connectivity index (χ2v) is 8.39. The second-order valence-electron chi connectivity index (χ2n) is 8.39. The van der Waals surface area contributed by atoms with Crippen molar-refractivity contribution in [3.05, 3.63) is 0 Å². The first kappa shape index (κ1) is 21.1. The molecule has 5 heteroatoms. The lowest BCUT2D eigenvalue weighted by Gasteiger charge is -2.37. The van der Waals surface area contributed by atoms with Gasteiger partial charge in [-0.05, 0) is 37.5 Å². The van der Waals surface area contributed by atoms with Crippen LogP contribution in [0.5, 0.6) is 0 Å². The van der Waals surface area contributed by atoms with Crippen LogP contribution in [0.3, 0.4) is 0 Å². The molecule has 2 aliphatic rings. The van der Waals surface area contributed by atoms with E-state index in [1.165, 1.54) is 25.7 Å². The summed E-state index contributed by atoms with van der Waals surface area (Å²) in [5.41, 5.74) is -2.49. The first-order valence-electron chi connectivity index (χ1n) is 10.3. The Morgan fingerprint density at radius 3 is 1.20 bits per heavy atom. The van der Waals surface area contributed by atoms with Gasteiger partial charge in [-0.2, -0.15) is 0 Å². The van der Waals surface area contributed by atoms with E-state index in [2.05, 4.69) is 0 Å². The first-order valence-corrected chi connectivity index (χ1v) is 10.3. The molecule has 0 heterocycles. The van der Waals surface area contributed by atoms with Gasteiger partial charge in [0.1, 0.15) is 11.2 Å². The van der Waals surface area contributed by atoms with Crippen molar-refractivity contribution in [2.75, 3.05) is 26.4 Å². The summed E-state index contributed by atoms with van der Waals surface area (Å²) in [6, 6.07) is 0. The molecule has 2 saturated carbocycles. The molecule has 0 radical (unpaired) electrons. The smallest absolute Gasteiger partial charge is 0.114 e. The molecule has 25 heavy (non-hydrogen) atoms. The quantitative estimate of drug-likeness (QED) is 0.500. The van der Waals surface area contributed by atoms with Gasteiger partial charge in [-0.3, -0.25) is 0 Å². The fraction of sp³-hybridized carbons (Fsp3) is 1.00. The monoisotopic (exact) mass is 358 g/mol. The number of hydrogen-bond donors (Lipinski definition) is 4. The van der Waals surface area contributed by atoms with Crippen LogP contribution < -0.4 is 0 Å². The molecule has 0 aliphatic heterocycles. The fourth-order valence-electron chi connectivity index (χ4n) is 4.62. The Hall–Kier alpha value is -0.200. The van der Waals surface area contributed by atoms with Crippen LogP contribution in [0.4, 0.5) is 0 Å². The minimum Gasteiger partial charge on any atom is -0.393 e. The molecule has 2 rings (SSSR count). The van der Waals surface area contributed by atoms with Gasteiger partial charge in [0.15, 0.2) is 0 Å². The highest BCUT2D eigenvalue weighted by atomic mass is 16.5. The lowest BCUT2D eigenvalue weighted by atomic mass is 9.82. The van der Waals surface area contributed by atoms with Gasteiger partial charge in [0, 0.05) is 0 Å². The zero-order valence-corrected chi connectivity index (χ0v) is 15.7. The van der Waals surface area contributed by atoms with Gasteiger partial charge < -0.3 is 25.2 Å². The molecule has 0 aromatic rings. The topological polar surface area (TPSA) is 90.2 Å². The molecular formula is C20H38O5. The zero-order valence-electron chi connectivity index (χ0n) is 15.7. The molecule has 4 N–H and O–H groups in total. The normalized spacial score (nSPS) is 26.4. The van der Waals surface area contributed by atoms with E-state index in [0.717, 1.165) is 51.4 Å². The van der Waals surface area contributed by atoms with Crippen molar-refractivity contribution < 1.29 is 25.2 Å². The molecule has 2 aliphatic carbocycles. The van der Waals surface area contributed by atoms with E-state index in [0.29, 0.717) is 0 Å². The van der Waals surface area contributed by atoms with Gasteiger partial charge in [-0.25, -0.2) is 0 Å².